The predicted molar refractivity (Wildman–Crippen MR) is 65.9 cm³/mol. The number of pyridine rings is 1. The number of rotatable bonds is 3. The quantitative estimate of drug-likeness (QED) is 0.853. The number of nitrogens with one attached hydrogen (secondary N) is 1. The monoisotopic (exact) mass is 241 g/mol. The summed E-state index contributed by atoms with van der Waals surface area (Å²) in [5.41, 5.74) is 0.672. The molecule has 1 N–H and O–H groups in total. The Hall–Kier alpha value is -2.68. The molecule has 0 aliphatic rings. The summed E-state index contributed by atoms with van der Waals surface area (Å²) in [7, 11) is 1.80. The molecule has 0 aliphatic heterocycles. The maximum atomic E-state index is 11.3. The van der Waals surface area contributed by atoms with Crippen LogP contribution in [-0.2, 0) is 6.54 Å². The summed E-state index contributed by atoms with van der Waals surface area (Å²) in [5.74, 6) is 0.458. The first-order valence-electron chi connectivity index (χ1n) is 5.30. The van der Waals surface area contributed by atoms with Gasteiger partial charge in [0.05, 0.1) is 0 Å². The number of nitriles is 1. The summed E-state index contributed by atoms with van der Waals surface area (Å²) in [6, 6.07) is 7.21. The average molecular weight is 241 g/mol. The molecule has 2 heterocycles. The molecule has 0 amide bonds. The number of aromatic nitrogens is 3. The first-order valence-corrected chi connectivity index (χ1v) is 5.30. The van der Waals surface area contributed by atoms with Crippen LogP contribution in [0.3, 0.4) is 0 Å². The van der Waals surface area contributed by atoms with Gasteiger partial charge in [-0.2, -0.15) is 10.2 Å². The van der Waals surface area contributed by atoms with Gasteiger partial charge in [0.1, 0.15) is 17.6 Å². The number of hydrogen-bond acceptors (Lipinski definition) is 5. The molecule has 0 aromatic carbocycles. The minimum atomic E-state index is -0.526. The molecule has 90 valence electrons. The van der Waals surface area contributed by atoms with Gasteiger partial charge < -0.3 is 4.90 Å². The molecule has 0 radical (unpaired) electrons. The fourth-order valence-corrected chi connectivity index (χ4v) is 1.55. The van der Waals surface area contributed by atoms with E-state index in [4.69, 9.17) is 5.26 Å². The van der Waals surface area contributed by atoms with Gasteiger partial charge >= 0.3 is 5.69 Å². The predicted octanol–water partition coefficient (Wildman–Crippen LogP) is 0.673. The van der Waals surface area contributed by atoms with Crippen molar-refractivity contribution in [3.63, 3.8) is 0 Å². The molecule has 0 saturated heterocycles. The molecule has 2 aromatic heterocycles. The Morgan fingerprint density at radius 3 is 3.06 bits per heavy atom. The topological polar surface area (TPSA) is 85.7 Å². The zero-order valence-corrected chi connectivity index (χ0v) is 9.79. The minimum absolute atomic E-state index is 0.197. The normalized spacial score (nSPS) is 9.78. The summed E-state index contributed by atoms with van der Waals surface area (Å²) in [6.07, 6.45) is 3.44. The maximum absolute atomic E-state index is 11.3. The van der Waals surface area contributed by atoms with Gasteiger partial charge in [-0.25, -0.2) is 4.79 Å². The molecule has 0 atom stereocenters. The zero-order chi connectivity index (χ0) is 13.0. The van der Waals surface area contributed by atoms with Crippen LogP contribution < -0.4 is 10.6 Å². The van der Waals surface area contributed by atoms with Gasteiger partial charge in [0.25, 0.3) is 0 Å². The number of anilines is 1. The van der Waals surface area contributed by atoms with E-state index >= 15 is 0 Å². The van der Waals surface area contributed by atoms with E-state index in [1.165, 1.54) is 6.07 Å². The van der Waals surface area contributed by atoms with Crippen LogP contribution in [-0.4, -0.2) is 22.0 Å². The van der Waals surface area contributed by atoms with Crippen molar-refractivity contribution >= 4 is 5.82 Å². The third kappa shape index (κ3) is 2.71. The standard InChI is InChI=1S/C12H11N5O/c1-17(8-9-3-2-4-14-7-9)11-5-10(6-13)15-12(18)16-11/h2-5,7H,8H2,1H3,(H,15,16,18). The lowest BCUT2D eigenvalue weighted by Gasteiger charge is -2.17. The molecule has 0 bridgehead atoms. The molecule has 0 spiro atoms. The van der Waals surface area contributed by atoms with Crippen molar-refractivity contribution in [1.82, 2.24) is 15.0 Å². The highest BCUT2D eigenvalue weighted by Crippen LogP contribution is 2.10. The highest BCUT2D eigenvalue weighted by molar-refractivity contribution is 5.41. The Bertz CT molecular complexity index is 629. The Labute approximate surface area is 104 Å². The fraction of sp³-hybridized carbons (Fsp3) is 0.167. The second-order valence-corrected chi connectivity index (χ2v) is 3.79. The molecule has 2 rings (SSSR count). The number of aromatic amines is 1. The second-order valence-electron chi connectivity index (χ2n) is 3.79. The lowest BCUT2D eigenvalue weighted by atomic mass is 10.2. The molecular formula is C12H11N5O. The van der Waals surface area contributed by atoms with Crippen molar-refractivity contribution < 1.29 is 0 Å². The fourth-order valence-electron chi connectivity index (χ4n) is 1.55. The van der Waals surface area contributed by atoms with Crippen LogP contribution in [0.1, 0.15) is 11.3 Å². The second kappa shape index (κ2) is 5.10. The first-order chi connectivity index (χ1) is 8.69. The van der Waals surface area contributed by atoms with E-state index in [1.54, 1.807) is 24.3 Å². The maximum Gasteiger partial charge on any atom is 0.347 e. The zero-order valence-electron chi connectivity index (χ0n) is 9.79. The number of nitrogens with zero attached hydrogens (tertiary/aromatic N) is 4. The van der Waals surface area contributed by atoms with Crippen molar-refractivity contribution in [1.29, 1.82) is 5.26 Å². The summed E-state index contributed by atoms with van der Waals surface area (Å²) < 4.78 is 0. The van der Waals surface area contributed by atoms with Crippen molar-refractivity contribution in [2.75, 3.05) is 11.9 Å². The highest BCUT2D eigenvalue weighted by Gasteiger charge is 2.06. The molecule has 0 fully saturated rings. The minimum Gasteiger partial charge on any atom is -0.355 e. The number of hydrogen-bond donors (Lipinski definition) is 1. The van der Waals surface area contributed by atoms with Gasteiger partial charge in [0, 0.05) is 32.1 Å². The van der Waals surface area contributed by atoms with Crippen LogP contribution in [0.4, 0.5) is 5.82 Å². The smallest absolute Gasteiger partial charge is 0.347 e. The summed E-state index contributed by atoms with van der Waals surface area (Å²) in [4.78, 5) is 23.2. The van der Waals surface area contributed by atoms with E-state index in [-0.39, 0.29) is 5.69 Å². The summed E-state index contributed by atoms with van der Waals surface area (Å²) in [6.45, 7) is 0.565. The molecule has 0 unspecified atom stereocenters. The van der Waals surface area contributed by atoms with E-state index in [1.807, 2.05) is 18.2 Å². The van der Waals surface area contributed by atoms with Gasteiger partial charge in [-0.15, -0.1) is 0 Å². The Morgan fingerprint density at radius 2 is 2.39 bits per heavy atom. The van der Waals surface area contributed by atoms with E-state index in [2.05, 4.69) is 15.0 Å². The molecule has 6 heteroatoms. The van der Waals surface area contributed by atoms with Crippen LogP contribution in [0.5, 0.6) is 0 Å². The molecule has 18 heavy (non-hydrogen) atoms. The Kier molecular flexibility index (Phi) is 3.34. The van der Waals surface area contributed by atoms with Crippen molar-refractivity contribution in [2.45, 2.75) is 6.54 Å². The number of H-pyrrole nitrogens is 1. The SMILES string of the molecule is CN(Cc1cccnc1)c1cc(C#N)[nH]c(=O)n1. The van der Waals surface area contributed by atoms with Crippen LogP contribution >= 0.6 is 0 Å². The van der Waals surface area contributed by atoms with Crippen LogP contribution in [0, 0.1) is 11.3 Å². The van der Waals surface area contributed by atoms with Crippen LogP contribution in [0.15, 0.2) is 35.4 Å². The van der Waals surface area contributed by atoms with Crippen LogP contribution in [0.2, 0.25) is 0 Å². The Balaban J connectivity index is 2.24. The molecule has 0 aliphatic carbocycles. The van der Waals surface area contributed by atoms with Gasteiger partial charge in [-0.1, -0.05) is 6.07 Å². The van der Waals surface area contributed by atoms with E-state index in [0.29, 0.717) is 12.4 Å². The first kappa shape index (κ1) is 11.8. The van der Waals surface area contributed by atoms with Crippen molar-refractivity contribution in [2.24, 2.45) is 0 Å². The van der Waals surface area contributed by atoms with Gasteiger partial charge in [-0.3, -0.25) is 9.97 Å². The molecular weight excluding hydrogens is 230 g/mol. The third-order valence-electron chi connectivity index (χ3n) is 2.39. The Morgan fingerprint density at radius 1 is 1.56 bits per heavy atom. The molecule has 2 aromatic rings. The van der Waals surface area contributed by atoms with Gasteiger partial charge in [-0.05, 0) is 11.6 Å². The summed E-state index contributed by atoms with van der Waals surface area (Å²) >= 11 is 0. The van der Waals surface area contributed by atoms with Gasteiger partial charge in [0.15, 0.2) is 0 Å². The lowest BCUT2D eigenvalue weighted by Crippen LogP contribution is -2.22. The van der Waals surface area contributed by atoms with E-state index < -0.39 is 5.69 Å². The molecule has 0 saturated carbocycles. The van der Waals surface area contributed by atoms with Gasteiger partial charge in [0.2, 0.25) is 0 Å². The highest BCUT2D eigenvalue weighted by atomic mass is 16.1. The van der Waals surface area contributed by atoms with Crippen molar-refractivity contribution in [3.05, 3.63) is 52.3 Å². The van der Waals surface area contributed by atoms with Crippen molar-refractivity contribution in [3.8, 4) is 6.07 Å². The largest absolute Gasteiger partial charge is 0.355 e. The van der Waals surface area contributed by atoms with E-state index in [9.17, 15) is 4.79 Å². The lowest BCUT2D eigenvalue weighted by molar-refractivity contribution is 0.873. The van der Waals surface area contributed by atoms with Crippen LogP contribution in [0.25, 0.3) is 0 Å². The third-order valence-corrected chi connectivity index (χ3v) is 2.39. The summed E-state index contributed by atoms with van der Waals surface area (Å²) in [5, 5.41) is 8.78. The molecule has 6 nitrogen and oxygen atoms in total. The van der Waals surface area contributed by atoms with E-state index in [0.717, 1.165) is 5.56 Å². The average Bonchev–Trinajstić information content (AvgIpc) is 2.39.